The van der Waals surface area contributed by atoms with Crippen molar-refractivity contribution in [2.45, 2.75) is 36.1 Å². The molecule has 1 aliphatic carbocycles. The van der Waals surface area contributed by atoms with Crippen LogP contribution in [0.5, 0.6) is 0 Å². The van der Waals surface area contributed by atoms with Crippen LogP contribution in [-0.4, -0.2) is 14.0 Å². The Morgan fingerprint density at radius 3 is 2.16 bits per heavy atom. The van der Waals surface area contributed by atoms with E-state index in [0.29, 0.717) is 12.8 Å². The Balaban J connectivity index is 2.35. The molecule has 1 saturated carbocycles. The topological polar surface area (TPSA) is 70.0 Å². The van der Waals surface area contributed by atoms with Gasteiger partial charge in [-0.25, -0.2) is 8.42 Å². The molecule has 0 aromatic heterocycles. The molecule has 0 heterocycles. The number of nitrogens with zero attached hydrogens (tertiary/aromatic N) is 1. The summed E-state index contributed by atoms with van der Waals surface area (Å²) >= 11 is 11.6. The van der Waals surface area contributed by atoms with E-state index in [1.54, 1.807) is 0 Å². The molecule has 102 valence electrons. The minimum Gasteiger partial charge on any atom is -0.207 e. The molecule has 0 radical (unpaired) electrons. The van der Waals surface area contributed by atoms with E-state index in [1.165, 1.54) is 18.2 Å². The van der Waals surface area contributed by atoms with Crippen molar-refractivity contribution in [3.63, 3.8) is 0 Å². The standard InChI is InChI=1S/C12H12Cl2N2O2S/c13-9-5-10(14)7-11(6-9)19(17,18)16-12(8-15)3-1-2-4-12/h5-7,16H,1-4H2. The van der Waals surface area contributed by atoms with Crippen molar-refractivity contribution < 1.29 is 8.42 Å². The van der Waals surface area contributed by atoms with Crippen LogP contribution in [-0.2, 0) is 10.0 Å². The average molecular weight is 319 g/mol. The van der Waals surface area contributed by atoms with Gasteiger partial charge in [0.05, 0.1) is 11.0 Å². The summed E-state index contributed by atoms with van der Waals surface area (Å²) in [6.45, 7) is 0. The van der Waals surface area contributed by atoms with Gasteiger partial charge in [-0.2, -0.15) is 9.98 Å². The summed E-state index contributed by atoms with van der Waals surface area (Å²) in [4.78, 5) is -0.0217. The Kier molecular flexibility index (Phi) is 4.07. The van der Waals surface area contributed by atoms with Crippen LogP contribution >= 0.6 is 23.2 Å². The molecule has 0 atom stereocenters. The fourth-order valence-corrected chi connectivity index (χ4v) is 4.32. The normalized spacial score (nSPS) is 18.2. The van der Waals surface area contributed by atoms with Gasteiger partial charge in [-0.1, -0.05) is 36.0 Å². The number of benzene rings is 1. The molecule has 0 saturated heterocycles. The zero-order valence-electron chi connectivity index (χ0n) is 9.99. The van der Waals surface area contributed by atoms with Crippen molar-refractivity contribution in [1.82, 2.24) is 4.72 Å². The molecule has 0 bridgehead atoms. The van der Waals surface area contributed by atoms with Gasteiger partial charge in [-0.3, -0.25) is 0 Å². The number of rotatable bonds is 3. The zero-order valence-corrected chi connectivity index (χ0v) is 12.3. The fraction of sp³-hybridized carbons (Fsp3) is 0.417. The highest BCUT2D eigenvalue weighted by Gasteiger charge is 2.38. The molecule has 4 nitrogen and oxygen atoms in total. The van der Waals surface area contributed by atoms with Gasteiger partial charge < -0.3 is 0 Å². The Bertz CT molecular complexity index is 611. The lowest BCUT2D eigenvalue weighted by Gasteiger charge is -2.21. The van der Waals surface area contributed by atoms with Gasteiger partial charge in [0, 0.05) is 10.0 Å². The van der Waals surface area contributed by atoms with Crippen LogP contribution in [0.15, 0.2) is 23.1 Å². The number of hydrogen-bond donors (Lipinski definition) is 1. The lowest BCUT2D eigenvalue weighted by atomic mass is 10.0. The molecule has 1 aliphatic rings. The van der Waals surface area contributed by atoms with Gasteiger partial charge in [-0.15, -0.1) is 0 Å². The fourth-order valence-electron chi connectivity index (χ4n) is 2.22. The monoisotopic (exact) mass is 318 g/mol. The molecule has 1 N–H and O–H groups in total. The predicted octanol–water partition coefficient (Wildman–Crippen LogP) is 3.11. The SMILES string of the molecule is N#CC1(NS(=O)(=O)c2cc(Cl)cc(Cl)c2)CCCC1. The highest BCUT2D eigenvalue weighted by molar-refractivity contribution is 7.89. The van der Waals surface area contributed by atoms with E-state index in [4.69, 9.17) is 23.2 Å². The van der Waals surface area contributed by atoms with E-state index in [-0.39, 0.29) is 14.9 Å². The molecule has 7 heteroatoms. The summed E-state index contributed by atoms with van der Waals surface area (Å²) in [6.07, 6.45) is 2.73. The van der Waals surface area contributed by atoms with Gasteiger partial charge in [0.25, 0.3) is 0 Å². The van der Waals surface area contributed by atoms with Crippen molar-refractivity contribution in [2.75, 3.05) is 0 Å². The van der Waals surface area contributed by atoms with Crippen LogP contribution < -0.4 is 4.72 Å². The second-order valence-electron chi connectivity index (χ2n) is 4.61. The third kappa shape index (κ3) is 3.21. The number of nitriles is 1. The average Bonchev–Trinajstić information content (AvgIpc) is 2.76. The van der Waals surface area contributed by atoms with Gasteiger partial charge in [0.15, 0.2) is 0 Å². The Hall–Kier alpha value is -0.800. The summed E-state index contributed by atoms with van der Waals surface area (Å²) in [5.41, 5.74) is -1.01. The Morgan fingerprint density at radius 1 is 1.16 bits per heavy atom. The van der Waals surface area contributed by atoms with Crippen molar-refractivity contribution in [1.29, 1.82) is 5.26 Å². The van der Waals surface area contributed by atoms with Gasteiger partial charge >= 0.3 is 0 Å². The maximum absolute atomic E-state index is 12.3. The van der Waals surface area contributed by atoms with E-state index in [1.807, 2.05) is 0 Å². The quantitative estimate of drug-likeness (QED) is 0.930. The molecule has 19 heavy (non-hydrogen) atoms. The molecule has 0 unspecified atom stereocenters. The largest absolute Gasteiger partial charge is 0.242 e. The van der Waals surface area contributed by atoms with E-state index >= 15 is 0 Å². The van der Waals surface area contributed by atoms with Crippen LogP contribution in [0.25, 0.3) is 0 Å². The first kappa shape index (κ1) is 14.6. The smallest absolute Gasteiger partial charge is 0.207 e. The Morgan fingerprint density at radius 2 is 1.68 bits per heavy atom. The first-order valence-corrected chi connectivity index (χ1v) is 8.02. The first-order chi connectivity index (χ1) is 8.87. The molecule has 1 fully saturated rings. The number of halogens is 2. The minimum absolute atomic E-state index is 0.0217. The van der Waals surface area contributed by atoms with Gasteiger partial charge in [0.2, 0.25) is 10.0 Å². The molecular formula is C12H12Cl2N2O2S. The number of hydrogen-bond acceptors (Lipinski definition) is 3. The van der Waals surface area contributed by atoms with E-state index in [0.717, 1.165) is 12.8 Å². The molecule has 0 spiro atoms. The summed E-state index contributed by atoms with van der Waals surface area (Å²) in [5.74, 6) is 0. The highest BCUT2D eigenvalue weighted by atomic mass is 35.5. The van der Waals surface area contributed by atoms with Crippen LogP contribution in [0.4, 0.5) is 0 Å². The van der Waals surface area contributed by atoms with Crippen LogP contribution in [0.1, 0.15) is 25.7 Å². The summed E-state index contributed by atoms with van der Waals surface area (Å²) in [5, 5.41) is 9.69. The minimum atomic E-state index is -3.80. The molecule has 1 aromatic carbocycles. The van der Waals surface area contributed by atoms with Crippen LogP contribution in [0.2, 0.25) is 10.0 Å². The zero-order chi connectivity index (χ0) is 14.1. The molecule has 0 amide bonds. The van der Waals surface area contributed by atoms with E-state index in [9.17, 15) is 13.7 Å². The number of nitrogens with one attached hydrogen (secondary N) is 1. The Labute approximate surface area is 122 Å². The van der Waals surface area contributed by atoms with Crippen molar-refractivity contribution in [3.8, 4) is 6.07 Å². The molecule has 1 aromatic rings. The maximum Gasteiger partial charge on any atom is 0.242 e. The van der Waals surface area contributed by atoms with Crippen molar-refractivity contribution in [2.24, 2.45) is 0 Å². The predicted molar refractivity (Wildman–Crippen MR) is 73.6 cm³/mol. The third-order valence-electron chi connectivity index (χ3n) is 3.15. The molecular weight excluding hydrogens is 307 g/mol. The summed E-state index contributed by atoms with van der Waals surface area (Å²) in [6, 6.07) is 6.16. The summed E-state index contributed by atoms with van der Waals surface area (Å²) < 4.78 is 27.0. The first-order valence-electron chi connectivity index (χ1n) is 5.78. The second-order valence-corrected chi connectivity index (χ2v) is 7.17. The summed E-state index contributed by atoms with van der Waals surface area (Å²) in [7, 11) is -3.80. The molecule has 2 rings (SSSR count). The third-order valence-corrected chi connectivity index (χ3v) is 5.10. The van der Waals surface area contributed by atoms with Gasteiger partial charge in [0.1, 0.15) is 5.54 Å². The van der Waals surface area contributed by atoms with Crippen molar-refractivity contribution in [3.05, 3.63) is 28.2 Å². The maximum atomic E-state index is 12.3. The van der Waals surface area contributed by atoms with Crippen LogP contribution in [0, 0.1) is 11.3 Å². The lowest BCUT2D eigenvalue weighted by Crippen LogP contribution is -2.44. The van der Waals surface area contributed by atoms with E-state index in [2.05, 4.69) is 10.8 Å². The van der Waals surface area contributed by atoms with Crippen molar-refractivity contribution >= 4 is 33.2 Å². The van der Waals surface area contributed by atoms with Gasteiger partial charge in [-0.05, 0) is 31.0 Å². The second kappa shape index (κ2) is 5.29. The number of sulfonamides is 1. The lowest BCUT2D eigenvalue weighted by molar-refractivity contribution is 0.485. The molecule has 0 aliphatic heterocycles. The van der Waals surface area contributed by atoms with E-state index < -0.39 is 15.6 Å². The van der Waals surface area contributed by atoms with Crippen LogP contribution in [0.3, 0.4) is 0 Å². The highest BCUT2D eigenvalue weighted by Crippen LogP contribution is 2.31.